The molecule has 0 aliphatic rings. The molecule has 0 N–H and O–H groups in total. The third-order valence-corrected chi connectivity index (χ3v) is 7.45. The van der Waals surface area contributed by atoms with E-state index in [1.807, 2.05) is 60.7 Å². The number of rotatable bonds is 6. The summed E-state index contributed by atoms with van der Waals surface area (Å²) in [5, 5.41) is 0. The van der Waals surface area contributed by atoms with Crippen LogP contribution >= 0.6 is 0 Å². The summed E-state index contributed by atoms with van der Waals surface area (Å²) in [5.74, 6) is 3.54. The van der Waals surface area contributed by atoms with E-state index in [1.54, 1.807) is 33.7 Å². The molecular weight excluding hydrogens is 506 g/mol. The van der Waals surface area contributed by atoms with Crippen molar-refractivity contribution >= 4 is 42.4 Å². The summed E-state index contributed by atoms with van der Waals surface area (Å²) in [5.41, 5.74) is 2.35. The minimum atomic E-state index is -0.130. The molecule has 0 aliphatic heterocycles. The standard InChI is InChI=1S/C27H26As2O2/c1-27(2,19-11-15-21(16-12-19)30-25-9-5-3-7-23(25)28)20-13-17-22(18-14-20)31-26-10-6-4-8-24(26)29/h3-18H,28-29H2,1-2H3. The van der Waals surface area contributed by atoms with Gasteiger partial charge in [-0.3, -0.25) is 0 Å². The van der Waals surface area contributed by atoms with Crippen LogP contribution in [0.15, 0.2) is 97.1 Å². The van der Waals surface area contributed by atoms with Gasteiger partial charge in [-0.1, -0.05) is 0 Å². The van der Waals surface area contributed by atoms with Gasteiger partial charge in [0, 0.05) is 0 Å². The monoisotopic (exact) mass is 532 g/mol. The summed E-state index contributed by atoms with van der Waals surface area (Å²) in [7, 11) is 0. The second kappa shape index (κ2) is 9.39. The molecule has 4 rings (SSSR count). The molecule has 2 nitrogen and oxygen atoms in total. The van der Waals surface area contributed by atoms with Gasteiger partial charge in [-0.05, 0) is 0 Å². The Morgan fingerprint density at radius 2 is 0.871 bits per heavy atom. The van der Waals surface area contributed by atoms with E-state index in [1.165, 1.54) is 19.8 Å². The van der Waals surface area contributed by atoms with E-state index in [9.17, 15) is 0 Å². The SMILES string of the molecule is CC(C)(c1ccc(Oc2ccccc2[AsH2])cc1)c1ccc(Oc2ccccc2[AsH2])cc1. The molecule has 156 valence electrons. The number of para-hydroxylation sites is 2. The second-order valence-corrected chi connectivity index (χ2v) is 10.6. The van der Waals surface area contributed by atoms with Crippen molar-refractivity contribution < 1.29 is 9.47 Å². The van der Waals surface area contributed by atoms with Crippen LogP contribution in [0, 0.1) is 0 Å². The molecule has 0 bridgehead atoms. The maximum absolute atomic E-state index is 6.06. The Balaban J connectivity index is 1.50. The van der Waals surface area contributed by atoms with Crippen molar-refractivity contribution in [1.82, 2.24) is 0 Å². The van der Waals surface area contributed by atoms with E-state index < -0.39 is 0 Å². The third kappa shape index (κ3) is 5.09. The molecule has 31 heavy (non-hydrogen) atoms. The van der Waals surface area contributed by atoms with E-state index in [-0.39, 0.29) is 5.41 Å². The summed E-state index contributed by atoms with van der Waals surface area (Å²) in [6, 6.07) is 33.1. The van der Waals surface area contributed by atoms with Crippen LogP contribution in [0.3, 0.4) is 0 Å². The summed E-state index contributed by atoms with van der Waals surface area (Å²) in [6.07, 6.45) is 0. The topological polar surface area (TPSA) is 18.5 Å². The van der Waals surface area contributed by atoms with Gasteiger partial charge < -0.3 is 0 Å². The summed E-state index contributed by atoms with van der Waals surface area (Å²) >= 11 is 3.13. The van der Waals surface area contributed by atoms with Crippen LogP contribution in [0.25, 0.3) is 0 Å². The predicted molar refractivity (Wildman–Crippen MR) is 134 cm³/mol. The van der Waals surface area contributed by atoms with E-state index in [4.69, 9.17) is 9.47 Å². The molecule has 0 aromatic heterocycles. The van der Waals surface area contributed by atoms with E-state index >= 15 is 0 Å². The van der Waals surface area contributed by atoms with E-state index in [0.717, 1.165) is 23.0 Å². The van der Waals surface area contributed by atoms with Crippen molar-refractivity contribution in [3.63, 3.8) is 0 Å². The fraction of sp³-hybridized carbons (Fsp3) is 0.111. The molecule has 0 spiro atoms. The Bertz CT molecular complexity index is 1070. The van der Waals surface area contributed by atoms with Gasteiger partial charge in [0.15, 0.2) is 0 Å². The molecule has 0 saturated carbocycles. The van der Waals surface area contributed by atoms with E-state index in [2.05, 4.69) is 50.2 Å². The fourth-order valence-corrected chi connectivity index (χ4v) is 4.56. The zero-order valence-corrected chi connectivity index (χ0v) is 22.6. The van der Waals surface area contributed by atoms with Crippen molar-refractivity contribution in [1.29, 1.82) is 0 Å². The first-order valence-electron chi connectivity index (χ1n) is 10.2. The van der Waals surface area contributed by atoms with Crippen molar-refractivity contribution in [2.75, 3.05) is 0 Å². The average Bonchev–Trinajstić information content (AvgIpc) is 2.78. The van der Waals surface area contributed by atoms with Crippen molar-refractivity contribution in [2.24, 2.45) is 0 Å². The van der Waals surface area contributed by atoms with Crippen LogP contribution in [0.5, 0.6) is 23.0 Å². The Hall–Kier alpha value is -2.40. The number of hydrogen-bond donors (Lipinski definition) is 0. The molecule has 0 amide bonds. The van der Waals surface area contributed by atoms with Gasteiger partial charge in [-0.25, -0.2) is 0 Å². The summed E-state index contributed by atoms with van der Waals surface area (Å²) in [4.78, 5) is 0. The first-order valence-corrected chi connectivity index (χ1v) is 12.6. The van der Waals surface area contributed by atoms with Gasteiger partial charge in [0.05, 0.1) is 0 Å². The number of hydrogen-bond acceptors (Lipinski definition) is 2. The molecule has 0 saturated heterocycles. The molecule has 0 radical (unpaired) electrons. The Kier molecular flexibility index (Phi) is 6.61. The molecule has 2 unspecified atom stereocenters. The van der Waals surface area contributed by atoms with Gasteiger partial charge in [0.2, 0.25) is 0 Å². The number of ether oxygens (including phenoxy) is 2. The second-order valence-electron chi connectivity index (χ2n) is 7.95. The maximum atomic E-state index is 6.06. The van der Waals surface area contributed by atoms with Crippen molar-refractivity contribution in [3.8, 4) is 23.0 Å². The van der Waals surface area contributed by atoms with Crippen LogP contribution in [0.2, 0.25) is 0 Å². The van der Waals surface area contributed by atoms with Gasteiger partial charge >= 0.3 is 202 Å². The van der Waals surface area contributed by atoms with Crippen LogP contribution in [-0.4, -0.2) is 33.7 Å². The Labute approximate surface area is 201 Å². The Morgan fingerprint density at radius 1 is 0.516 bits per heavy atom. The van der Waals surface area contributed by atoms with Crippen molar-refractivity contribution in [3.05, 3.63) is 108 Å². The normalized spacial score (nSPS) is 11.2. The van der Waals surface area contributed by atoms with Gasteiger partial charge in [0.1, 0.15) is 0 Å². The predicted octanol–water partition coefficient (Wildman–Crippen LogP) is 4.11. The van der Waals surface area contributed by atoms with Crippen LogP contribution in [0.4, 0.5) is 0 Å². The quantitative estimate of drug-likeness (QED) is 0.348. The number of benzene rings is 4. The molecule has 4 aromatic carbocycles. The molecule has 4 heteroatoms. The fourth-order valence-electron chi connectivity index (χ4n) is 3.45. The molecule has 4 aromatic rings. The van der Waals surface area contributed by atoms with Gasteiger partial charge in [0.25, 0.3) is 0 Å². The Morgan fingerprint density at radius 3 is 1.23 bits per heavy atom. The molecular formula is C27H26As2O2. The summed E-state index contributed by atoms with van der Waals surface area (Å²) < 4.78 is 14.5. The van der Waals surface area contributed by atoms with Crippen LogP contribution in [0.1, 0.15) is 25.0 Å². The first kappa shape index (κ1) is 21.8. The van der Waals surface area contributed by atoms with Crippen molar-refractivity contribution in [2.45, 2.75) is 19.3 Å². The van der Waals surface area contributed by atoms with Gasteiger partial charge in [-0.2, -0.15) is 0 Å². The molecule has 0 fully saturated rings. The van der Waals surface area contributed by atoms with E-state index in [0.29, 0.717) is 0 Å². The van der Waals surface area contributed by atoms with Crippen LogP contribution in [-0.2, 0) is 5.41 Å². The zero-order valence-electron chi connectivity index (χ0n) is 17.7. The minimum absolute atomic E-state index is 0.130. The summed E-state index contributed by atoms with van der Waals surface area (Å²) in [6.45, 7) is 4.49. The third-order valence-electron chi connectivity index (χ3n) is 5.45. The molecule has 0 heterocycles. The zero-order chi connectivity index (χ0) is 21.8. The molecule has 2 atom stereocenters. The molecule has 0 aliphatic carbocycles. The first-order chi connectivity index (χ1) is 14.9. The van der Waals surface area contributed by atoms with Gasteiger partial charge in [-0.15, -0.1) is 0 Å². The average molecular weight is 532 g/mol. The van der Waals surface area contributed by atoms with Crippen LogP contribution < -0.4 is 18.2 Å².